The number of urea groups is 1. The van der Waals surface area contributed by atoms with E-state index in [1.807, 2.05) is 74.4 Å². The molecule has 1 fully saturated rings. The van der Waals surface area contributed by atoms with Crippen molar-refractivity contribution in [1.82, 2.24) is 10.2 Å². The van der Waals surface area contributed by atoms with Crippen LogP contribution in [0.25, 0.3) is 0 Å². The van der Waals surface area contributed by atoms with E-state index in [-0.39, 0.29) is 17.9 Å². The van der Waals surface area contributed by atoms with Gasteiger partial charge < -0.3 is 20.4 Å². The Morgan fingerprint density at radius 2 is 1.76 bits per heavy atom. The SMILES string of the molecule is CCNC(=O)N(Cc1ccccc1)Cc1cc(NC(=O)C2CC2)ccc1N(C)C. The van der Waals surface area contributed by atoms with E-state index in [9.17, 15) is 9.59 Å². The van der Waals surface area contributed by atoms with Gasteiger partial charge in [-0.15, -0.1) is 0 Å². The molecule has 2 aromatic carbocycles. The molecule has 6 nitrogen and oxygen atoms in total. The average molecular weight is 395 g/mol. The Bertz CT molecular complexity index is 847. The summed E-state index contributed by atoms with van der Waals surface area (Å²) in [6.07, 6.45) is 1.94. The minimum atomic E-state index is -0.103. The highest BCUT2D eigenvalue weighted by Crippen LogP contribution is 2.31. The van der Waals surface area contributed by atoms with Crippen LogP contribution in [0.15, 0.2) is 48.5 Å². The normalized spacial score (nSPS) is 12.9. The number of hydrogen-bond donors (Lipinski definition) is 2. The van der Waals surface area contributed by atoms with Crippen molar-refractivity contribution in [2.75, 3.05) is 30.9 Å². The number of carbonyl (C=O) groups excluding carboxylic acids is 2. The van der Waals surface area contributed by atoms with Crippen molar-refractivity contribution >= 4 is 23.3 Å². The third kappa shape index (κ3) is 5.73. The van der Waals surface area contributed by atoms with Gasteiger partial charge in [0.1, 0.15) is 0 Å². The Morgan fingerprint density at radius 1 is 1.03 bits per heavy atom. The first-order chi connectivity index (χ1) is 14.0. The van der Waals surface area contributed by atoms with Gasteiger partial charge in [-0.2, -0.15) is 0 Å². The standard InChI is InChI=1S/C23H30N4O2/c1-4-24-23(29)27(15-17-8-6-5-7-9-17)16-19-14-20(12-13-21(19)26(2)3)25-22(28)18-10-11-18/h5-9,12-14,18H,4,10-11,15-16H2,1-3H3,(H,24,29)(H,25,28). The van der Waals surface area contributed by atoms with E-state index in [2.05, 4.69) is 10.6 Å². The van der Waals surface area contributed by atoms with Crippen molar-refractivity contribution in [2.45, 2.75) is 32.9 Å². The summed E-state index contributed by atoms with van der Waals surface area (Å²) in [5.41, 5.74) is 3.86. The van der Waals surface area contributed by atoms with Crippen molar-refractivity contribution in [3.8, 4) is 0 Å². The lowest BCUT2D eigenvalue weighted by atomic mass is 10.1. The summed E-state index contributed by atoms with van der Waals surface area (Å²) in [4.78, 5) is 28.7. The molecule has 3 rings (SSSR count). The number of hydrogen-bond acceptors (Lipinski definition) is 3. The zero-order chi connectivity index (χ0) is 20.8. The fourth-order valence-electron chi connectivity index (χ4n) is 3.29. The maximum absolute atomic E-state index is 12.7. The summed E-state index contributed by atoms with van der Waals surface area (Å²) in [5, 5.41) is 5.92. The summed E-state index contributed by atoms with van der Waals surface area (Å²) in [6.45, 7) is 3.44. The van der Waals surface area contributed by atoms with Gasteiger partial charge in [-0.1, -0.05) is 30.3 Å². The van der Waals surface area contributed by atoms with E-state index in [4.69, 9.17) is 0 Å². The van der Waals surface area contributed by atoms with Crippen LogP contribution in [0.1, 0.15) is 30.9 Å². The summed E-state index contributed by atoms with van der Waals surface area (Å²) in [6, 6.07) is 15.8. The molecule has 6 heteroatoms. The van der Waals surface area contributed by atoms with E-state index in [0.717, 1.165) is 35.3 Å². The van der Waals surface area contributed by atoms with Crippen LogP contribution >= 0.6 is 0 Å². The Morgan fingerprint density at radius 3 is 2.38 bits per heavy atom. The molecule has 0 heterocycles. The van der Waals surface area contributed by atoms with Gasteiger partial charge in [-0.05, 0) is 49.1 Å². The highest BCUT2D eigenvalue weighted by Gasteiger charge is 2.29. The summed E-state index contributed by atoms with van der Waals surface area (Å²) >= 11 is 0. The smallest absolute Gasteiger partial charge is 0.317 e. The number of anilines is 2. The van der Waals surface area contributed by atoms with Crippen LogP contribution in [-0.4, -0.2) is 37.5 Å². The molecular formula is C23H30N4O2. The Hall–Kier alpha value is -3.02. The Labute approximate surface area is 172 Å². The first-order valence-corrected chi connectivity index (χ1v) is 10.2. The zero-order valence-electron chi connectivity index (χ0n) is 17.4. The zero-order valence-corrected chi connectivity index (χ0v) is 17.4. The molecule has 1 aliphatic rings. The van der Waals surface area contributed by atoms with Crippen LogP contribution in [0.4, 0.5) is 16.2 Å². The number of nitrogens with zero attached hydrogens (tertiary/aromatic N) is 2. The highest BCUT2D eigenvalue weighted by molar-refractivity contribution is 5.94. The lowest BCUT2D eigenvalue weighted by molar-refractivity contribution is -0.117. The average Bonchev–Trinajstić information content (AvgIpc) is 3.54. The predicted octanol–water partition coefficient (Wildman–Crippen LogP) is 3.83. The van der Waals surface area contributed by atoms with Crippen molar-refractivity contribution in [1.29, 1.82) is 0 Å². The number of benzene rings is 2. The minimum absolute atomic E-state index is 0.0819. The van der Waals surface area contributed by atoms with Crippen LogP contribution in [0.3, 0.4) is 0 Å². The Balaban J connectivity index is 1.85. The molecular weight excluding hydrogens is 364 g/mol. The fraction of sp³-hybridized carbons (Fsp3) is 0.391. The molecule has 0 atom stereocenters. The second-order valence-electron chi connectivity index (χ2n) is 7.68. The van der Waals surface area contributed by atoms with E-state index < -0.39 is 0 Å². The number of carbonyl (C=O) groups is 2. The largest absolute Gasteiger partial charge is 0.377 e. The van der Waals surface area contributed by atoms with E-state index >= 15 is 0 Å². The monoisotopic (exact) mass is 394 g/mol. The number of rotatable bonds is 8. The van der Waals surface area contributed by atoms with Crippen LogP contribution in [0.2, 0.25) is 0 Å². The van der Waals surface area contributed by atoms with Gasteiger partial charge in [-0.3, -0.25) is 4.79 Å². The second-order valence-corrected chi connectivity index (χ2v) is 7.68. The van der Waals surface area contributed by atoms with Gasteiger partial charge in [0, 0.05) is 51.0 Å². The third-order valence-corrected chi connectivity index (χ3v) is 4.97. The van der Waals surface area contributed by atoms with Crippen LogP contribution in [0.5, 0.6) is 0 Å². The van der Waals surface area contributed by atoms with Gasteiger partial charge in [0.25, 0.3) is 0 Å². The molecule has 0 aromatic heterocycles. The summed E-state index contributed by atoms with van der Waals surface area (Å²) < 4.78 is 0. The van der Waals surface area contributed by atoms with Crippen molar-refractivity contribution in [2.24, 2.45) is 5.92 Å². The van der Waals surface area contributed by atoms with Gasteiger partial charge in [0.15, 0.2) is 0 Å². The predicted molar refractivity (Wildman–Crippen MR) is 117 cm³/mol. The third-order valence-electron chi connectivity index (χ3n) is 4.97. The molecule has 1 saturated carbocycles. The number of amides is 3. The highest BCUT2D eigenvalue weighted by atomic mass is 16.2. The van der Waals surface area contributed by atoms with Gasteiger partial charge >= 0.3 is 6.03 Å². The van der Waals surface area contributed by atoms with Crippen molar-refractivity contribution in [3.63, 3.8) is 0 Å². The lowest BCUT2D eigenvalue weighted by Gasteiger charge is -2.26. The second kappa shape index (κ2) is 9.45. The maximum Gasteiger partial charge on any atom is 0.317 e. The molecule has 2 aromatic rings. The topological polar surface area (TPSA) is 64.7 Å². The fourth-order valence-corrected chi connectivity index (χ4v) is 3.29. The van der Waals surface area contributed by atoms with Crippen molar-refractivity contribution < 1.29 is 9.59 Å². The van der Waals surface area contributed by atoms with E-state index in [1.54, 1.807) is 4.90 Å². The summed E-state index contributed by atoms with van der Waals surface area (Å²) in [5.74, 6) is 0.232. The molecule has 2 N–H and O–H groups in total. The molecule has 0 radical (unpaired) electrons. The molecule has 154 valence electrons. The van der Waals surface area contributed by atoms with Gasteiger partial charge in [0.2, 0.25) is 5.91 Å². The van der Waals surface area contributed by atoms with Crippen LogP contribution in [-0.2, 0) is 17.9 Å². The first kappa shape index (κ1) is 20.7. The summed E-state index contributed by atoms with van der Waals surface area (Å²) in [7, 11) is 3.96. The van der Waals surface area contributed by atoms with E-state index in [1.165, 1.54) is 0 Å². The molecule has 29 heavy (non-hydrogen) atoms. The molecule has 0 bridgehead atoms. The Kier molecular flexibility index (Phi) is 6.75. The first-order valence-electron chi connectivity index (χ1n) is 10.2. The lowest BCUT2D eigenvalue weighted by Crippen LogP contribution is -2.39. The molecule has 0 aliphatic heterocycles. The van der Waals surface area contributed by atoms with Gasteiger partial charge in [0.05, 0.1) is 0 Å². The molecule has 3 amide bonds. The van der Waals surface area contributed by atoms with E-state index in [0.29, 0.717) is 19.6 Å². The molecule has 0 spiro atoms. The van der Waals surface area contributed by atoms with Crippen LogP contribution < -0.4 is 15.5 Å². The molecule has 0 saturated heterocycles. The maximum atomic E-state index is 12.7. The van der Waals surface area contributed by atoms with Crippen molar-refractivity contribution in [3.05, 3.63) is 59.7 Å². The molecule has 1 aliphatic carbocycles. The number of nitrogens with one attached hydrogen (secondary N) is 2. The van der Waals surface area contributed by atoms with Crippen LogP contribution in [0, 0.1) is 5.92 Å². The molecule has 0 unspecified atom stereocenters. The quantitative estimate of drug-likeness (QED) is 0.715. The van der Waals surface area contributed by atoms with Gasteiger partial charge in [-0.25, -0.2) is 4.79 Å². The minimum Gasteiger partial charge on any atom is -0.377 e.